The highest BCUT2D eigenvalue weighted by molar-refractivity contribution is 7.99. The van der Waals surface area contributed by atoms with E-state index in [4.69, 9.17) is 4.42 Å². The van der Waals surface area contributed by atoms with Gasteiger partial charge in [0.2, 0.25) is 11.8 Å². The number of hydrogen-bond acceptors (Lipinski definition) is 6. The number of non-ortho nitro benzene ring substituents is 1. The van der Waals surface area contributed by atoms with E-state index in [9.17, 15) is 10.1 Å². The minimum absolute atomic E-state index is 0.000187. The van der Waals surface area contributed by atoms with E-state index < -0.39 is 4.92 Å². The minimum Gasteiger partial charge on any atom is -0.419 e. The number of benzene rings is 2. The summed E-state index contributed by atoms with van der Waals surface area (Å²) >= 11 is 1.67. The molecule has 0 aliphatic rings. The quantitative estimate of drug-likeness (QED) is 0.359. The van der Waals surface area contributed by atoms with Crippen LogP contribution in [0.2, 0.25) is 0 Å². The smallest absolute Gasteiger partial charge is 0.269 e. The molecule has 1 heterocycles. The van der Waals surface area contributed by atoms with Crippen molar-refractivity contribution in [2.24, 2.45) is 0 Å². The van der Waals surface area contributed by atoms with Crippen LogP contribution in [0.3, 0.4) is 0 Å². The van der Waals surface area contributed by atoms with E-state index in [2.05, 4.69) is 42.2 Å². The number of rotatable bonds is 5. The SMILES string of the molecule is Cc1ccc(C)c(S[C@@H](C)c2nnc(-c3ccc([N+](=O)[O-])cc3)o2)c1. The fourth-order valence-electron chi connectivity index (χ4n) is 2.32. The second-order valence-electron chi connectivity index (χ2n) is 5.78. The molecule has 3 aromatic rings. The number of nitrogens with zero attached hydrogens (tertiary/aromatic N) is 3. The zero-order valence-electron chi connectivity index (χ0n) is 14.1. The molecule has 0 bridgehead atoms. The largest absolute Gasteiger partial charge is 0.419 e. The standard InChI is InChI=1S/C18H17N3O3S/c1-11-4-5-12(2)16(10-11)25-13(3)17-19-20-18(24-17)14-6-8-15(9-7-14)21(22)23/h4-10,13H,1-3H3/t13-/m0/s1. The van der Waals surface area contributed by atoms with Crippen molar-refractivity contribution in [1.82, 2.24) is 10.2 Å². The monoisotopic (exact) mass is 355 g/mol. The Morgan fingerprint density at radius 3 is 2.52 bits per heavy atom. The van der Waals surface area contributed by atoms with Gasteiger partial charge in [0.1, 0.15) is 0 Å². The Hall–Kier alpha value is -2.67. The number of aromatic nitrogens is 2. The lowest BCUT2D eigenvalue weighted by molar-refractivity contribution is -0.384. The van der Waals surface area contributed by atoms with Gasteiger partial charge < -0.3 is 4.42 Å². The summed E-state index contributed by atoms with van der Waals surface area (Å²) < 4.78 is 5.76. The first-order chi connectivity index (χ1) is 11.9. The van der Waals surface area contributed by atoms with Crippen molar-refractivity contribution < 1.29 is 9.34 Å². The van der Waals surface area contributed by atoms with Crippen LogP contribution in [0.5, 0.6) is 0 Å². The maximum atomic E-state index is 10.7. The van der Waals surface area contributed by atoms with E-state index in [1.165, 1.54) is 28.2 Å². The second-order valence-corrected chi connectivity index (χ2v) is 7.16. The molecule has 7 heteroatoms. The summed E-state index contributed by atoms with van der Waals surface area (Å²) in [5.41, 5.74) is 3.10. The molecule has 0 saturated heterocycles. The topological polar surface area (TPSA) is 82.1 Å². The zero-order valence-corrected chi connectivity index (χ0v) is 14.9. The Morgan fingerprint density at radius 2 is 1.84 bits per heavy atom. The Balaban J connectivity index is 1.78. The summed E-state index contributed by atoms with van der Waals surface area (Å²) in [5, 5.41) is 18.9. The van der Waals surface area contributed by atoms with E-state index in [0.29, 0.717) is 17.3 Å². The van der Waals surface area contributed by atoms with Gasteiger partial charge in [0.15, 0.2) is 0 Å². The Bertz CT molecular complexity index is 906. The molecule has 128 valence electrons. The summed E-state index contributed by atoms with van der Waals surface area (Å²) in [6.45, 7) is 6.15. The first-order valence-electron chi connectivity index (χ1n) is 7.76. The van der Waals surface area contributed by atoms with Gasteiger partial charge in [0.25, 0.3) is 5.69 Å². The summed E-state index contributed by atoms with van der Waals surface area (Å²) in [4.78, 5) is 11.5. The highest BCUT2D eigenvalue weighted by atomic mass is 32.2. The minimum atomic E-state index is -0.439. The zero-order chi connectivity index (χ0) is 18.0. The highest BCUT2D eigenvalue weighted by Gasteiger charge is 2.17. The van der Waals surface area contributed by atoms with Crippen LogP contribution >= 0.6 is 11.8 Å². The molecule has 0 aliphatic heterocycles. The van der Waals surface area contributed by atoms with Gasteiger partial charge in [-0.1, -0.05) is 17.7 Å². The predicted molar refractivity (Wildman–Crippen MR) is 96.6 cm³/mol. The molecule has 0 spiro atoms. The van der Waals surface area contributed by atoms with Gasteiger partial charge in [0.05, 0.1) is 10.2 Å². The molecule has 0 radical (unpaired) electrons. The van der Waals surface area contributed by atoms with Crippen LogP contribution in [-0.4, -0.2) is 15.1 Å². The maximum absolute atomic E-state index is 10.7. The highest BCUT2D eigenvalue weighted by Crippen LogP contribution is 2.37. The normalized spacial score (nSPS) is 12.1. The Morgan fingerprint density at radius 1 is 1.12 bits per heavy atom. The maximum Gasteiger partial charge on any atom is 0.269 e. The van der Waals surface area contributed by atoms with Gasteiger partial charge in [-0.3, -0.25) is 10.1 Å². The van der Waals surface area contributed by atoms with Crippen molar-refractivity contribution in [3.8, 4) is 11.5 Å². The molecule has 0 N–H and O–H groups in total. The number of nitro benzene ring substituents is 1. The molecule has 3 rings (SSSR count). The van der Waals surface area contributed by atoms with Crippen LogP contribution in [0.15, 0.2) is 51.8 Å². The van der Waals surface area contributed by atoms with Gasteiger partial charge >= 0.3 is 0 Å². The van der Waals surface area contributed by atoms with Crippen LogP contribution in [0.1, 0.15) is 29.2 Å². The third-order valence-corrected chi connectivity index (χ3v) is 5.01. The summed E-state index contributed by atoms with van der Waals surface area (Å²) in [5.74, 6) is 0.887. The van der Waals surface area contributed by atoms with E-state index in [1.54, 1.807) is 23.9 Å². The van der Waals surface area contributed by atoms with Crippen molar-refractivity contribution in [1.29, 1.82) is 0 Å². The second kappa shape index (κ2) is 7.06. The fraction of sp³-hybridized carbons (Fsp3) is 0.222. The van der Waals surface area contributed by atoms with Crippen molar-refractivity contribution in [2.75, 3.05) is 0 Å². The van der Waals surface area contributed by atoms with Crippen LogP contribution in [0.25, 0.3) is 11.5 Å². The molecule has 1 aromatic heterocycles. The van der Waals surface area contributed by atoms with Gasteiger partial charge in [-0.2, -0.15) is 0 Å². The van der Waals surface area contributed by atoms with E-state index in [0.717, 1.165) is 0 Å². The van der Waals surface area contributed by atoms with Gasteiger partial charge in [-0.25, -0.2) is 0 Å². The van der Waals surface area contributed by atoms with Crippen molar-refractivity contribution in [3.63, 3.8) is 0 Å². The van der Waals surface area contributed by atoms with Crippen molar-refractivity contribution >= 4 is 17.4 Å². The van der Waals surface area contributed by atoms with Gasteiger partial charge in [-0.15, -0.1) is 22.0 Å². The summed E-state index contributed by atoms with van der Waals surface area (Å²) in [6, 6.07) is 12.4. The van der Waals surface area contributed by atoms with E-state index in [1.807, 2.05) is 6.92 Å². The molecule has 25 heavy (non-hydrogen) atoms. The third kappa shape index (κ3) is 3.88. The van der Waals surface area contributed by atoms with Gasteiger partial charge in [-0.05, 0) is 44.5 Å². The molecule has 0 fully saturated rings. The van der Waals surface area contributed by atoms with Crippen LogP contribution in [-0.2, 0) is 0 Å². The summed E-state index contributed by atoms with van der Waals surface area (Å²) in [6.07, 6.45) is 0. The van der Waals surface area contributed by atoms with Crippen LogP contribution in [0.4, 0.5) is 5.69 Å². The molecule has 1 atom stereocenters. The first-order valence-corrected chi connectivity index (χ1v) is 8.64. The molecule has 6 nitrogen and oxygen atoms in total. The van der Waals surface area contributed by atoms with Crippen molar-refractivity contribution in [3.05, 3.63) is 69.6 Å². The Labute approximate surface area is 149 Å². The Kier molecular flexibility index (Phi) is 4.85. The average molecular weight is 355 g/mol. The van der Waals surface area contributed by atoms with Crippen molar-refractivity contribution in [2.45, 2.75) is 30.9 Å². The van der Waals surface area contributed by atoms with E-state index >= 15 is 0 Å². The molecule has 2 aromatic carbocycles. The van der Waals surface area contributed by atoms with E-state index in [-0.39, 0.29) is 10.9 Å². The summed E-state index contributed by atoms with van der Waals surface area (Å²) in [7, 11) is 0. The number of thioether (sulfide) groups is 1. The molecule has 0 saturated carbocycles. The molecular formula is C18H17N3O3S. The average Bonchev–Trinajstić information content (AvgIpc) is 3.08. The number of hydrogen-bond donors (Lipinski definition) is 0. The lowest BCUT2D eigenvalue weighted by atomic mass is 10.2. The number of aryl methyl sites for hydroxylation is 2. The van der Waals surface area contributed by atoms with Crippen LogP contribution < -0.4 is 0 Å². The first kappa shape index (κ1) is 17.2. The van der Waals surface area contributed by atoms with Crippen LogP contribution in [0, 0.1) is 24.0 Å². The molecule has 0 aliphatic carbocycles. The lowest BCUT2D eigenvalue weighted by Crippen LogP contribution is -1.90. The molecular weight excluding hydrogens is 338 g/mol. The molecule has 0 unspecified atom stereocenters. The number of nitro groups is 1. The lowest BCUT2D eigenvalue weighted by Gasteiger charge is -2.10. The predicted octanol–water partition coefficient (Wildman–Crippen LogP) is 5.11. The van der Waals surface area contributed by atoms with Gasteiger partial charge in [0, 0.05) is 22.6 Å². The molecule has 0 amide bonds. The fourth-order valence-corrected chi connectivity index (χ4v) is 3.40. The third-order valence-electron chi connectivity index (χ3n) is 3.76.